The van der Waals surface area contributed by atoms with E-state index in [0.29, 0.717) is 22.3 Å². The Morgan fingerprint density at radius 2 is 1.20 bits per heavy atom. The van der Waals surface area contributed by atoms with Crippen molar-refractivity contribution in [3.05, 3.63) is 119 Å². The maximum atomic E-state index is 13.6. The summed E-state index contributed by atoms with van der Waals surface area (Å²) in [6, 6.07) is 25.3. The predicted molar refractivity (Wildman–Crippen MR) is 156 cm³/mol. The van der Waals surface area contributed by atoms with Crippen LogP contribution in [0.4, 0.5) is 18.9 Å². The summed E-state index contributed by atoms with van der Waals surface area (Å²) < 4.78 is 68.3. The van der Waals surface area contributed by atoms with E-state index in [2.05, 4.69) is 4.72 Å². The second-order valence-corrected chi connectivity index (χ2v) is 12.2. The topological polar surface area (TPSA) is 113 Å². The maximum absolute atomic E-state index is 13.6. The van der Waals surface area contributed by atoms with Crippen molar-refractivity contribution in [2.75, 3.05) is 18.0 Å². The Hall–Kier alpha value is -4.81. The Kier molecular flexibility index (Phi) is 7.13. The number of alkyl halides is 3. The third-order valence-electron chi connectivity index (χ3n) is 7.89. The van der Waals surface area contributed by atoms with Crippen LogP contribution in [0.1, 0.15) is 38.3 Å². The molecule has 2 aliphatic rings. The van der Waals surface area contributed by atoms with Gasteiger partial charge in [0.15, 0.2) is 0 Å². The highest BCUT2D eigenvalue weighted by Gasteiger charge is 2.49. The lowest BCUT2D eigenvalue weighted by molar-refractivity contribution is -0.141. The second-order valence-electron chi connectivity index (χ2n) is 10.4. The number of nitrogens with one attached hydrogen (secondary N) is 2. The van der Waals surface area contributed by atoms with Gasteiger partial charge in [-0.25, -0.2) is 18.0 Å². The van der Waals surface area contributed by atoms with Crippen LogP contribution in [0, 0.1) is 0 Å². The smallest absolute Gasteiger partial charge is 0.346 e. The van der Waals surface area contributed by atoms with Gasteiger partial charge < -0.3 is 5.32 Å². The van der Waals surface area contributed by atoms with Gasteiger partial charge in [-0.05, 0) is 65.1 Å². The number of fused-ring (bicyclic) bond motifs is 4. The highest BCUT2D eigenvalue weighted by atomic mass is 32.2. The van der Waals surface area contributed by atoms with Crippen LogP contribution in [0.3, 0.4) is 0 Å². The molecule has 0 atom stereocenters. The van der Waals surface area contributed by atoms with E-state index in [0.717, 1.165) is 4.90 Å². The van der Waals surface area contributed by atoms with Crippen LogP contribution in [0.15, 0.2) is 102 Å². The molecular formula is C32H24F3N3O5S. The number of rotatable bonds is 8. The Labute approximate surface area is 250 Å². The lowest BCUT2D eigenvalue weighted by Gasteiger charge is -2.31. The van der Waals surface area contributed by atoms with Crippen molar-refractivity contribution in [1.82, 2.24) is 10.0 Å². The molecule has 1 heterocycles. The molecule has 6 rings (SSSR count). The van der Waals surface area contributed by atoms with Gasteiger partial charge in [-0.2, -0.15) is 13.2 Å². The molecule has 2 N–H and O–H groups in total. The van der Waals surface area contributed by atoms with E-state index in [1.165, 1.54) is 36.4 Å². The number of carbonyl (C=O) groups is 3. The number of hydrogen-bond acceptors (Lipinski definition) is 5. The van der Waals surface area contributed by atoms with Gasteiger partial charge in [-0.15, -0.1) is 0 Å². The van der Waals surface area contributed by atoms with E-state index in [9.17, 15) is 36.0 Å². The van der Waals surface area contributed by atoms with Gasteiger partial charge in [0.2, 0.25) is 15.9 Å². The van der Waals surface area contributed by atoms with Gasteiger partial charge in [0.05, 0.1) is 21.7 Å². The van der Waals surface area contributed by atoms with Crippen LogP contribution in [-0.2, 0) is 20.2 Å². The molecule has 44 heavy (non-hydrogen) atoms. The summed E-state index contributed by atoms with van der Waals surface area (Å²) in [6.45, 7) is -1.83. The van der Waals surface area contributed by atoms with Crippen molar-refractivity contribution in [3.8, 4) is 11.1 Å². The molecule has 12 heteroatoms. The fourth-order valence-electron chi connectivity index (χ4n) is 5.94. The summed E-state index contributed by atoms with van der Waals surface area (Å²) in [5.74, 6) is -1.94. The summed E-state index contributed by atoms with van der Waals surface area (Å²) in [4.78, 5) is 40.0. The van der Waals surface area contributed by atoms with E-state index in [-0.39, 0.29) is 34.7 Å². The van der Waals surface area contributed by atoms with Crippen molar-refractivity contribution in [2.24, 2.45) is 0 Å². The number of benzene rings is 4. The van der Waals surface area contributed by atoms with Crippen LogP contribution < -0.4 is 14.9 Å². The fraction of sp³-hybridized carbons (Fsp3) is 0.156. The quantitative estimate of drug-likeness (QED) is 0.275. The molecule has 0 aromatic heterocycles. The monoisotopic (exact) mass is 619 g/mol. The zero-order valence-electron chi connectivity index (χ0n) is 22.9. The van der Waals surface area contributed by atoms with Crippen LogP contribution >= 0.6 is 0 Å². The van der Waals surface area contributed by atoms with E-state index in [4.69, 9.17) is 0 Å². The first kappa shape index (κ1) is 29.3. The minimum absolute atomic E-state index is 0.166. The zero-order chi connectivity index (χ0) is 31.3. The molecule has 4 aromatic rings. The SMILES string of the molecule is O=C1c2ccccc2C(=O)N1c1ccc(S(=O)(=O)NCCC2(C(=O)NCC(F)(F)F)c3ccccc3-c3ccccc32)cc1. The zero-order valence-corrected chi connectivity index (χ0v) is 23.7. The Morgan fingerprint density at radius 3 is 1.70 bits per heavy atom. The molecule has 0 saturated carbocycles. The van der Waals surface area contributed by atoms with Gasteiger partial charge in [-0.3, -0.25) is 14.4 Å². The van der Waals surface area contributed by atoms with Crippen molar-refractivity contribution in [1.29, 1.82) is 0 Å². The first-order valence-corrected chi connectivity index (χ1v) is 15.0. The Morgan fingerprint density at radius 1 is 0.727 bits per heavy atom. The first-order valence-electron chi connectivity index (χ1n) is 13.6. The lowest BCUT2D eigenvalue weighted by Crippen LogP contribution is -2.48. The minimum atomic E-state index is -4.64. The van der Waals surface area contributed by atoms with Crippen molar-refractivity contribution in [2.45, 2.75) is 22.9 Å². The summed E-state index contributed by atoms with van der Waals surface area (Å²) >= 11 is 0. The fourth-order valence-corrected chi connectivity index (χ4v) is 6.97. The van der Waals surface area contributed by atoms with Gasteiger partial charge in [0.25, 0.3) is 11.8 Å². The highest BCUT2D eigenvalue weighted by molar-refractivity contribution is 7.89. The Balaban J connectivity index is 1.25. The van der Waals surface area contributed by atoms with E-state index in [1.807, 2.05) is 5.32 Å². The number of carbonyl (C=O) groups excluding carboxylic acids is 3. The number of sulfonamides is 1. The lowest BCUT2D eigenvalue weighted by atomic mass is 9.74. The number of halogens is 3. The van der Waals surface area contributed by atoms with Gasteiger partial charge >= 0.3 is 6.18 Å². The molecule has 4 aromatic carbocycles. The third-order valence-corrected chi connectivity index (χ3v) is 9.37. The molecule has 0 bridgehead atoms. The molecule has 224 valence electrons. The van der Waals surface area contributed by atoms with Crippen LogP contribution in [0.5, 0.6) is 0 Å². The second kappa shape index (κ2) is 10.7. The van der Waals surface area contributed by atoms with E-state index < -0.39 is 45.9 Å². The first-order chi connectivity index (χ1) is 20.9. The van der Waals surface area contributed by atoms with E-state index >= 15 is 0 Å². The molecule has 1 aliphatic heterocycles. The third kappa shape index (κ3) is 4.85. The van der Waals surface area contributed by atoms with Crippen LogP contribution in [-0.4, -0.2) is 45.4 Å². The molecule has 3 amide bonds. The molecule has 1 aliphatic carbocycles. The minimum Gasteiger partial charge on any atom is -0.346 e. The molecule has 8 nitrogen and oxygen atoms in total. The van der Waals surface area contributed by atoms with Crippen molar-refractivity contribution < 1.29 is 36.0 Å². The molecule has 0 saturated heterocycles. The largest absolute Gasteiger partial charge is 0.405 e. The highest BCUT2D eigenvalue weighted by Crippen LogP contribution is 2.51. The van der Waals surface area contributed by atoms with Crippen LogP contribution in [0.25, 0.3) is 11.1 Å². The summed E-state index contributed by atoms with van der Waals surface area (Å²) in [5, 5.41) is 2.01. The molecular weight excluding hydrogens is 595 g/mol. The van der Waals surface area contributed by atoms with Crippen molar-refractivity contribution >= 4 is 33.4 Å². The number of anilines is 1. The molecule has 0 spiro atoms. The summed E-state index contributed by atoms with van der Waals surface area (Å²) in [7, 11) is -4.17. The van der Waals surface area contributed by atoms with Gasteiger partial charge in [-0.1, -0.05) is 60.7 Å². The number of amides is 3. The van der Waals surface area contributed by atoms with Crippen molar-refractivity contribution in [3.63, 3.8) is 0 Å². The summed E-state index contributed by atoms with van der Waals surface area (Å²) in [6.07, 6.45) is -4.81. The molecule has 0 unspecified atom stereocenters. The molecule has 0 fully saturated rings. The van der Waals surface area contributed by atoms with Gasteiger partial charge in [0, 0.05) is 6.54 Å². The number of nitrogens with zero attached hydrogens (tertiary/aromatic N) is 1. The average Bonchev–Trinajstić information content (AvgIpc) is 3.44. The van der Waals surface area contributed by atoms with Gasteiger partial charge in [0.1, 0.15) is 12.0 Å². The standard InChI is InChI=1S/C32H24F3N3O5S/c33-32(34,35)19-36-30(41)31(26-11-5-3-7-22(26)23-8-4-6-12-27(23)31)17-18-37-44(42,43)21-15-13-20(14-16-21)38-28(39)24-9-1-2-10-25(24)29(38)40/h1-16,37H,17-19H2,(H,36,41). The molecule has 0 radical (unpaired) electrons. The Bertz CT molecular complexity index is 1840. The van der Waals surface area contributed by atoms with Crippen LogP contribution in [0.2, 0.25) is 0 Å². The average molecular weight is 620 g/mol. The normalized spacial score (nSPS) is 15.1. The number of hydrogen-bond donors (Lipinski definition) is 2. The summed E-state index contributed by atoms with van der Waals surface area (Å²) in [5.41, 5.74) is 1.41. The van der Waals surface area contributed by atoms with E-state index in [1.54, 1.807) is 60.7 Å². The predicted octanol–water partition coefficient (Wildman–Crippen LogP) is 4.80. The number of imide groups is 1. The maximum Gasteiger partial charge on any atom is 0.405 e.